The van der Waals surface area contributed by atoms with Crippen LogP contribution in [0.15, 0.2) is 11.6 Å². The van der Waals surface area contributed by atoms with Gasteiger partial charge in [0.25, 0.3) is 5.91 Å². The Kier molecular flexibility index (Phi) is 3.96. The van der Waals surface area contributed by atoms with Crippen LogP contribution in [0.4, 0.5) is 0 Å². The minimum Gasteiger partial charge on any atom is -0.633 e. The van der Waals surface area contributed by atoms with Gasteiger partial charge in [-0.3, -0.25) is 4.79 Å². The van der Waals surface area contributed by atoms with Crippen molar-refractivity contribution in [3.05, 3.63) is 16.9 Å². The van der Waals surface area contributed by atoms with Gasteiger partial charge in [0.1, 0.15) is 11.1 Å². The van der Waals surface area contributed by atoms with Gasteiger partial charge >= 0.3 is 0 Å². The van der Waals surface area contributed by atoms with Crippen LogP contribution in [0.1, 0.15) is 34.1 Å². The molecule has 0 radical (unpaired) electrons. The van der Waals surface area contributed by atoms with E-state index in [1.54, 1.807) is 19.9 Å². The number of quaternary nitrogens is 1. The molecule has 0 aliphatic carbocycles. The fraction of sp³-hybridized carbons (Fsp3) is 0.750. The number of carbonyl (C=O) groups is 1. The molecular weight excluding hydrogens is 220 g/mol. The van der Waals surface area contributed by atoms with Gasteiger partial charge in [-0.2, -0.15) is 0 Å². The average molecular weight is 242 g/mol. The van der Waals surface area contributed by atoms with Gasteiger partial charge in [0.15, 0.2) is 0 Å². The van der Waals surface area contributed by atoms with Crippen LogP contribution in [0.3, 0.4) is 0 Å². The molecule has 0 saturated carbocycles. The lowest BCUT2D eigenvalue weighted by molar-refractivity contribution is -0.927. The van der Waals surface area contributed by atoms with Crippen LogP contribution < -0.4 is 10.4 Å². The number of carbonyl (C=O) groups excluding carboxylic acids is 1. The molecule has 1 rings (SSSR count). The number of rotatable bonds is 4. The lowest BCUT2D eigenvalue weighted by atomic mass is 9.96. The van der Waals surface area contributed by atoms with E-state index in [2.05, 4.69) is 5.32 Å². The van der Waals surface area contributed by atoms with Crippen molar-refractivity contribution in [2.24, 2.45) is 0 Å². The first-order valence-electron chi connectivity index (χ1n) is 5.91. The van der Waals surface area contributed by atoms with E-state index in [-0.39, 0.29) is 17.6 Å². The van der Waals surface area contributed by atoms with Crippen molar-refractivity contribution in [3.8, 4) is 0 Å². The van der Waals surface area contributed by atoms with Crippen LogP contribution in [-0.4, -0.2) is 35.2 Å². The number of amides is 1. The van der Waals surface area contributed by atoms with Gasteiger partial charge in [-0.1, -0.05) is 0 Å². The molecule has 0 aromatic carbocycles. The molecule has 98 valence electrons. The van der Waals surface area contributed by atoms with Gasteiger partial charge in [-0.15, -0.1) is 0 Å². The molecule has 3 N–H and O–H groups in total. The summed E-state index contributed by atoms with van der Waals surface area (Å²) in [6.07, 6.45) is 2.28. The van der Waals surface area contributed by atoms with E-state index in [1.165, 1.54) is 0 Å². The maximum Gasteiger partial charge on any atom is 0.253 e. The van der Waals surface area contributed by atoms with Crippen molar-refractivity contribution in [1.82, 2.24) is 5.32 Å². The molecule has 17 heavy (non-hydrogen) atoms. The van der Waals surface area contributed by atoms with Gasteiger partial charge in [-0.05, 0) is 40.2 Å². The molecular formula is C12H22N2O3. The summed E-state index contributed by atoms with van der Waals surface area (Å²) in [4.78, 5) is 12.0. The van der Waals surface area contributed by atoms with E-state index in [9.17, 15) is 10.0 Å². The molecule has 0 saturated heterocycles. The van der Waals surface area contributed by atoms with Crippen molar-refractivity contribution in [2.75, 3.05) is 13.2 Å². The van der Waals surface area contributed by atoms with Crippen molar-refractivity contribution < 1.29 is 15.0 Å². The third kappa shape index (κ3) is 2.68. The number of hydrogen-bond donors (Lipinski definition) is 3. The molecule has 1 unspecified atom stereocenters. The Morgan fingerprint density at radius 2 is 2.06 bits per heavy atom. The molecule has 5 heteroatoms. The number of hydrogen-bond acceptors (Lipinski definition) is 3. The Labute approximate surface area is 102 Å². The van der Waals surface area contributed by atoms with E-state index in [0.29, 0.717) is 18.5 Å². The summed E-state index contributed by atoms with van der Waals surface area (Å²) in [6.45, 7) is 7.68. The van der Waals surface area contributed by atoms with Crippen LogP contribution >= 0.6 is 0 Å². The number of hydroxylamine groups is 2. The average Bonchev–Trinajstić information content (AvgIpc) is 2.39. The minimum absolute atomic E-state index is 0.0488. The number of aliphatic hydroxyl groups is 1. The van der Waals surface area contributed by atoms with Crippen molar-refractivity contribution in [1.29, 1.82) is 0 Å². The largest absolute Gasteiger partial charge is 0.633 e. The zero-order valence-electron chi connectivity index (χ0n) is 11.0. The summed E-state index contributed by atoms with van der Waals surface area (Å²) in [6, 6.07) is 0. The maximum absolute atomic E-state index is 12.1. The number of aliphatic hydroxyl groups excluding tert-OH is 1. The van der Waals surface area contributed by atoms with E-state index in [1.807, 2.05) is 13.8 Å². The van der Waals surface area contributed by atoms with Crippen molar-refractivity contribution in [3.63, 3.8) is 0 Å². The molecule has 0 aromatic heterocycles. The minimum atomic E-state index is -0.729. The first-order valence-corrected chi connectivity index (χ1v) is 5.91. The lowest BCUT2D eigenvalue weighted by Crippen LogP contribution is -3.20. The van der Waals surface area contributed by atoms with Crippen LogP contribution in [-0.2, 0) is 4.79 Å². The monoisotopic (exact) mass is 242 g/mol. The SMILES string of the molecule is CC1(C)C=C(C(=O)NCCCO)C(C)(C)[NH+]1[O-]. The Morgan fingerprint density at radius 3 is 2.47 bits per heavy atom. The van der Waals surface area contributed by atoms with Crippen molar-refractivity contribution in [2.45, 2.75) is 45.2 Å². The lowest BCUT2D eigenvalue weighted by Gasteiger charge is -2.41. The van der Waals surface area contributed by atoms with Gasteiger partial charge in [0.2, 0.25) is 0 Å². The predicted octanol–water partition coefficient (Wildman–Crippen LogP) is -0.635. The zero-order chi connectivity index (χ0) is 13.3. The highest BCUT2D eigenvalue weighted by Crippen LogP contribution is 2.24. The second-order valence-electron chi connectivity index (χ2n) is 5.57. The molecule has 1 heterocycles. The summed E-state index contributed by atoms with van der Waals surface area (Å²) in [7, 11) is 0. The second-order valence-corrected chi connectivity index (χ2v) is 5.57. The molecule has 0 bridgehead atoms. The fourth-order valence-electron chi connectivity index (χ4n) is 2.26. The summed E-state index contributed by atoms with van der Waals surface area (Å²) in [5.41, 5.74) is -0.773. The van der Waals surface area contributed by atoms with Crippen molar-refractivity contribution >= 4 is 5.91 Å². The van der Waals surface area contributed by atoms with E-state index in [4.69, 9.17) is 5.11 Å². The Hall–Kier alpha value is -0.910. The van der Waals surface area contributed by atoms with Gasteiger partial charge in [-0.25, -0.2) is 0 Å². The van der Waals surface area contributed by atoms with Gasteiger partial charge in [0, 0.05) is 13.2 Å². The second kappa shape index (κ2) is 4.76. The highest BCUT2D eigenvalue weighted by Gasteiger charge is 2.47. The normalized spacial score (nSPS) is 25.5. The molecule has 1 aliphatic heterocycles. The Morgan fingerprint density at radius 1 is 1.47 bits per heavy atom. The molecule has 1 aliphatic rings. The Balaban J connectivity index is 2.79. The van der Waals surface area contributed by atoms with Gasteiger partial charge in [0.05, 0.1) is 5.57 Å². The first-order chi connectivity index (χ1) is 7.73. The van der Waals surface area contributed by atoms with E-state index < -0.39 is 11.1 Å². The Bertz CT molecular complexity index is 335. The third-order valence-electron chi connectivity index (χ3n) is 3.20. The maximum atomic E-state index is 12.1. The molecule has 0 aromatic rings. The predicted molar refractivity (Wildman–Crippen MR) is 65.3 cm³/mol. The molecule has 0 fully saturated rings. The summed E-state index contributed by atoms with van der Waals surface area (Å²) in [5.74, 6) is -0.206. The summed E-state index contributed by atoms with van der Waals surface area (Å²) >= 11 is 0. The number of nitrogens with one attached hydrogen (secondary N) is 2. The highest BCUT2D eigenvalue weighted by atomic mass is 16.5. The third-order valence-corrected chi connectivity index (χ3v) is 3.20. The summed E-state index contributed by atoms with van der Waals surface area (Å²) < 4.78 is 0. The molecule has 5 nitrogen and oxygen atoms in total. The van der Waals surface area contributed by atoms with Crippen LogP contribution in [0.25, 0.3) is 0 Å². The smallest absolute Gasteiger partial charge is 0.253 e. The zero-order valence-corrected chi connectivity index (χ0v) is 11.0. The topological polar surface area (TPSA) is 76.8 Å². The van der Waals surface area contributed by atoms with Crippen LogP contribution in [0, 0.1) is 5.21 Å². The van der Waals surface area contributed by atoms with Gasteiger partial charge < -0.3 is 20.7 Å². The van der Waals surface area contributed by atoms with E-state index >= 15 is 0 Å². The fourth-order valence-corrected chi connectivity index (χ4v) is 2.26. The standard InChI is InChI=1S/C12H22N2O3/c1-11(2)8-9(12(3,4)14(11)17)10(16)13-6-5-7-15/h8,14-15H,5-7H2,1-4H3,(H,13,16). The first kappa shape index (κ1) is 14.2. The van der Waals surface area contributed by atoms with Crippen LogP contribution in [0.5, 0.6) is 0 Å². The molecule has 0 spiro atoms. The molecule has 1 amide bonds. The van der Waals surface area contributed by atoms with Crippen LogP contribution in [0.2, 0.25) is 0 Å². The quantitative estimate of drug-likeness (QED) is 0.453. The highest BCUT2D eigenvalue weighted by molar-refractivity contribution is 5.95. The van der Waals surface area contributed by atoms with E-state index in [0.717, 1.165) is 0 Å². The molecule has 1 atom stereocenters. The summed E-state index contributed by atoms with van der Waals surface area (Å²) in [5, 5.41) is 23.6.